The molecule has 0 aliphatic carbocycles. The van der Waals surface area contributed by atoms with Crippen molar-refractivity contribution in [1.29, 1.82) is 0 Å². The van der Waals surface area contributed by atoms with Gasteiger partial charge in [-0.2, -0.15) is 0 Å². The van der Waals surface area contributed by atoms with E-state index in [1.54, 1.807) is 24.3 Å². The number of ether oxygens (including phenoxy) is 6. The van der Waals surface area contributed by atoms with E-state index in [4.69, 9.17) is 28.4 Å². The standard InChI is InChI=1S/C20H20O10/c1-10(21)27-13-6-4-12(5-7-13)14-8-16(23)30-19(14)18(24)29-17-15(28-11(2)22)9-26-20(17,19)25-3/h4-7,14-15,17H,8-9H2,1-3H3/t14-,15+,17-,19-,20+/m1/s1. The number of esters is 4. The lowest BCUT2D eigenvalue weighted by Gasteiger charge is -2.38. The molecular weight excluding hydrogens is 400 g/mol. The molecule has 0 radical (unpaired) electrons. The van der Waals surface area contributed by atoms with E-state index >= 15 is 0 Å². The Labute approximate surface area is 171 Å². The van der Waals surface area contributed by atoms with Gasteiger partial charge in [-0.25, -0.2) is 4.79 Å². The summed E-state index contributed by atoms with van der Waals surface area (Å²) in [4.78, 5) is 48.0. The summed E-state index contributed by atoms with van der Waals surface area (Å²) in [6, 6.07) is 6.33. The molecule has 3 aliphatic rings. The molecule has 0 unspecified atom stereocenters. The average molecular weight is 420 g/mol. The lowest BCUT2D eigenvalue weighted by Crippen LogP contribution is -2.61. The fourth-order valence-electron chi connectivity index (χ4n) is 4.46. The second kappa shape index (κ2) is 7.06. The maximum atomic E-state index is 13.1. The maximum absolute atomic E-state index is 13.1. The lowest BCUT2D eigenvalue weighted by atomic mass is 9.76. The van der Waals surface area contributed by atoms with Crippen LogP contribution in [-0.2, 0) is 42.9 Å². The summed E-state index contributed by atoms with van der Waals surface area (Å²) in [6.07, 6.45) is -2.13. The molecule has 0 N–H and O–H groups in total. The first-order valence-electron chi connectivity index (χ1n) is 9.31. The van der Waals surface area contributed by atoms with Gasteiger partial charge in [0.25, 0.3) is 11.4 Å². The number of methoxy groups -OCH3 is 1. The third kappa shape index (κ3) is 2.78. The Kier molecular flexibility index (Phi) is 4.78. The van der Waals surface area contributed by atoms with Crippen molar-refractivity contribution >= 4 is 23.9 Å². The molecule has 160 valence electrons. The van der Waals surface area contributed by atoms with Crippen molar-refractivity contribution in [3.8, 4) is 5.75 Å². The van der Waals surface area contributed by atoms with Gasteiger partial charge in [0.05, 0.1) is 18.9 Å². The van der Waals surface area contributed by atoms with Gasteiger partial charge >= 0.3 is 23.9 Å². The molecule has 3 aliphatic heterocycles. The highest BCUT2D eigenvalue weighted by Crippen LogP contribution is 2.58. The Morgan fingerprint density at radius 2 is 1.80 bits per heavy atom. The number of hydrogen-bond acceptors (Lipinski definition) is 10. The monoisotopic (exact) mass is 420 g/mol. The fraction of sp³-hybridized carbons (Fsp3) is 0.500. The second-order valence-corrected chi connectivity index (χ2v) is 7.29. The van der Waals surface area contributed by atoms with Crippen molar-refractivity contribution in [2.75, 3.05) is 13.7 Å². The number of carbonyl (C=O) groups excluding carboxylic acids is 4. The van der Waals surface area contributed by atoms with Crippen LogP contribution in [0.1, 0.15) is 31.7 Å². The quantitative estimate of drug-likeness (QED) is 0.389. The first-order valence-corrected chi connectivity index (χ1v) is 9.31. The van der Waals surface area contributed by atoms with E-state index in [9.17, 15) is 19.2 Å². The molecule has 10 nitrogen and oxygen atoms in total. The van der Waals surface area contributed by atoms with Crippen LogP contribution in [0, 0.1) is 0 Å². The van der Waals surface area contributed by atoms with E-state index in [2.05, 4.69) is 0 Å². The van der Waals surface area contributed by atoms with E-state index in [1.165, 1.54) is 21.0 Å². The Hall–Kier alpha value is -2.98. The first-order chi connectivity index (χ1) is 14.2. The molecule has 10 heteroatoms. The van der Waals surface area contributed by atoms with Gasteiger partial charge in [-0.15, -0.1) is 0 Å². The Bertz CT molecular complexity index is 909. The molecule has 0 bridgehead atoms. The Morgan fingerprint density at radius 1 is 1.10 bits per heavy atom. The lowest BCUT2D eigenvalue weighted by molar-refractivity contribution is -0.278. The number of hydrogen-bond donors (Lipinski definition) is 0. The molecule has 1 aromatic carbocycles. The fourth-order valence-corrected chi connectivity index (χ4v) is 4.46. The average Bonchev–Trinajstić information content (AvgIpc) is 3.28. The molecule has 5 atom stereocenters. The molecule has 1 aromatic rings. The molecule has 4 rings (SSSR count). The van der Waals surface area contributed by atoms with Gasteiger partial charge in [-0.3, -0.25) is 14.4 Å². The van der Waals surface area contributed by atoms with Crippen LogP contribution >= 0.6 is 0 Å². The van der Waals surface area contributed by atoms with Crippen molar-refractivity contribution in [2.45, 2.75) is 49.8 Å². The van der Waals surface area contributed by atoms with Crippen molar-refractivity contribution in [1.82, 2.24) is 0 Å². The van der Waals surface area contributed by atoms with Gasteiger partial charge in [-0.1, -0.05) is 12.1 Å². The SMILES string of the molecule is CO[C@]12OC[C@H](OC(C)=O)[C@H]1OC(=O)[C@@]21OC(=O)C[C@@H]1c1ccc(OC(C)=O)cc1. The highest BCUT2D eigenvalue weighted by atomic mass is 16.8. The maximum Gasteiger partial charge on any atom is 0.357 e. The zero-order valence-electron chi connectivity index (χ0n) is 16.5. The predicted molar refractivity (Wildman–Crippen MR) is 95.1 cm³/mol. The summed E-state index contributed by atoms with van der Waals surface area (Å²) in [5.41, 5.74) is -1.35. The van der Waals surface area contributed by atoms with Crippen molar-refractivity contribution in [2.24, 2.45) is 0 Å². The van der Waals surface area contributed by atoms with Gasteiger partial charge in [0.15, 0.2) is 12.2 Å². The molecule has 1 spiro atoms. The smallest absolute Gasteiger partial charge is 0.357 e. The molecule has 0 amide bonds. The summed E-state index contributed by atoms with van der Waals surface area (Å²) in [5, 5.41) is 0. The number of fused-ring (bicyclic) bond motifs is 2. The Morgan fingerprint density at radius 3 is 2.40 bits per heavy atom. The molecule has 0 saturated carbocycles. The van der Waals surface area contributed by atoms with Crippen LogP contribution in [0.4, 0.5) is 0 Å². The number of rotatable bonds is 4. The Balaban J connectivity index is 1.75. The summed E-state index contributed by atoms with van der Waals surface area (Å²) in [5.74, 6) is -4.79. The summed E-state index contributed by atoms with van der Waals surface area (Å²) in [6.45, 7) is 2.41. The largest absolute Gasteiger partial charge is 0.456 e. The van der Waals surface area contributed by atoms with Crippen LogP contribution in [-0.4, -0.2) is 61.2 Å². The minimum Gasteiger partial charge on any atom is -0.456 e. The second-order valence-electron chi connectivity index (χ2n) is 7.29. The van der Waals surface area contributed by atoms with Crippen LogP contribution in [0.15, 0.2) is 24.3 Å². The third-order valence-electron chi connectivity index (χ3n) is 5.53. The topological polar surface area (TPSA) is 124 Å². The van der Waals surface area contributed by atoms with Crippen LogP contribution in [0.3, 0.4) is 0 Å². The van der Waals surface area contributed by atoms with E-state index in [1.807, 2.05) is 0 Å². The highest BCUT2D eigenvalue weighted by molar-refractivity contribution is 5.93. The third-order valence-corrected chi connectivity index (χ3v) is 5.53. The van der Waals surface area contributed by atoms with Gasteiger partial charge in [0.1, 0.15) is 5.75 Å². The number of carbonyl (C=O) groups is 4. The van der Waals surface area contributed by atoms with Crippen molar-refractivity contribution < 1.29 is 47.6 Å². The zero-order chi connectivity index (χ0) is 21.7. The zero-order valence-corrected chi connectivity index (χ0v) is 16.5. The van der Waals surface area contributed by atoms with Gasteiger partial charge in [0.2, 0.25) is 0 Å². The normalized spacial score (nSPS) is 34.4. The van der Waals surface area contributed by atoms with E-state index in [-0.39, 0.29) is 13.0 Å². The van der Waals surface area contributed by atoms with Gasteiger partial charge in [0, 0.05) is 21.0 Å². The van der Waals surface area contributed by atoms with E-state index in [0.717, 1.165) is 0 Å². The van der Waals surface area contributed by atoms with Crippen LogP contribution in [0.2, 0.25) is 0 Å². The van der Waals surface area contributed by atoms with E-state index < -0.39 is 53.4 Å². The van der Waals surface area contributed by atoms with Crippen LogP contribution in [0.25, 0.3) is 0 Å². The predicted octanol–water partition coefficient (Wildman–Crippen LogP) is 0.611. The minimum absolute atomic E-state index is 0.0945. The summed E-state index contributed by atoms with van der Waals surface area (Å²) in [7, 11) is 1.31. The molecule has 3 heterocycles. The van der Waals surface area contributed by atoms with Crippen LogP contribution < -0.4 is 4.74 Å². The minimum atomic E-state index is -1.92. The summed E-state index contributed by atoms with van der Waals surface area (Å²) >= 11 is 0. The summed E-state index contributed by atoms with van der Waals surface area (Å²) < 4.78 is 32.7. The van der Waals surface area contributed by atoms with Crippen molar-refractivity contribution in [3.63, 3.8) is 0 Å². The highest BCUT2D eigenvalue weighted by Gasteiger charge is 2.82. The number of benzene rings is 1. The molecule has 0 aromatic heterocycles. The van der Waals surface area contributed by atoms with Crippen LogP contribution in [0.5, 0.6) is 5.75 Å². The molecule has 3 saturated heterocycles. The van der Waals surface area contributed by atoms with Gasteiger partial charge in [-0.05, 0) is 17.7 Å². The molecular formula is C20H20O10. The van der Waals surface area contributed by atoms with Gasteiger partial charge < -0.3 is 28.4 Å². The van der Waals surface area contributed by atoms with Crippen molar-refractivity contribution in [3.05, 3.63) is 29.8 Å². The molecule has 30 heavy (non-hydrogen) atoms. The van der Waals surface area contributed by atoms with E-state index in [0.29, 0.717) is 11.3 Å². The molecule has 3 fully saturated rings. The first kappa shape index (κ1) is 20.3.